The third-order valence-electron chi connectivity index (χ3n) is 5.02. The number of carbonyl (C=O) groups is 2. The summed E-state index contributed by atoms with van der Waals surface area (Å²) >= 11 is 7.33. The third kappa shape index (κ3) is 5.74. The van der Waals surface area contributed by atoms with E-state index in [1.165, 1.54) is 11.3 Å². The summed E-state index contributed by atoms with van der Waals surface area (Å²) < 4.78 is 5.80. The van der Waals surface area contributed by atoms with Gasteiger partial charge in [-0.1, -0.05) is 6.07 Å². The van der Waals surface area contributed by atoms with E-state index < -0.39 is 5.38 Å². The van der Waals surface area contributed by atoms with E-state index in [1.54, 1.807) is 6.92 Å². The Morgan fingerprint density at radius 3 is 2.73 bits per heavy atom. The number of thiophene rings is 1. The van der Waals surface area contributed by atoms with Crippen LogP contribution in [0.3, 0.4) is 0 Å². The van der Waals surface area contributed by atoms with Gasteiger partial charge in [0, 0.05) is 45.2 Å². The van der Waals surface area contributed by atoms with Crippen LogP contribution >= 0.6 is 22.9 Å². The molecule has 1 aliphatic heterocycles. The van der Waals surface area contributed by atoms with Crippen LogP contribution in [0.2, 0.25) is 0 Å². The molecule has 162 valence electrons. The number of alkyl halides is 1. The first kappa shape index (κ1) is 22.6. The Hall–Kier alpha value is -2.09. The van der Waals surface area contributed by atoms with Gasteiger partial charge in [0.25, 0.3) is 5.91 Å². The molecule has 2 aromatic rings. The largest absolute Gasteiger partial charge is 0.377 e. The Kier molecular flexibility index (Phi) is 7.75. The Labute approximate surface area is 186 Å². The number of nitrogens with one attached hydrogen (secondary N) is 1. The summed E-state index contributed by atoms with van der Waals surface area (Å²) in [4.78, 5) is 29.8. The van der Waals surface area contributed by atoms with Crippen LogP contribution in [0.15, 0.2) is 35.7 Å². The Balaban J connectivity index is 1.88. The van der Waals surface area contributed by atoms with Crippen molar-refractivity contribution >= 4 is 46.1 Å². The fourth-order valence-electron chi connectivity index (χ4n) is 3.48. The smallest absolute Gasteiger partial charge is 0.264 e. The predicted molar refractivity (Wildman–Crippen MR) is 123 cm³/mol. The van der Waals surface area contributed by atoms with Crippen molar-refractivity contribution in [3.05, 3.63) is 46.2 Å². The Morgan fingerprint density at radius 2 is 2.13 bits per heavy atom. The van der Waals surface area contributed by atoms with E-state index in [0.717, 1.165) is 30.7 Å². The van der Waals surface area contributed by atoms with Gasteiger partial charge in [-0.05, 0) is 55.0 Å². The van der Waals surface area contributed by atoms with E-state index in [0.29, 0.717) is 23.7 Å². The van der Waals surface area contributed by atoms with Crippen LogP contribution in [-0.4, -0.2) is 55.4 Å². The van der Waals surface area contributed by atoms with Crippen LogP contribution in [0.25, 0.3) is 0 Å². The lowest BCUT2D eigenvalue weighted by Gasteiger charge is -2.28. The first-order chi connectivity index (χ1) is 14.3. The van der Waals surface area contributed by atoms with E-state index in [1.807, 2.05) is 59.6 Å². The minimum atomic E-state index is -0.626. The van der Waals surface area contributed by atoms with Crippen molar-refractivity contribution < 1.29 is 14.3 Å². The normalized spacial score (nSPS) is 16.9. The zero-order chi connectivity index (χ0) is 21.7. The van der Waals surface area contributed by atoms with E-state index >= 15 is 0 Å². The summed E-state index contributed by atoms with van der Waals surface area (Å²) in [5.41, 5.74) is 2.60. The molecule has 2 heterocycles. The molecule has 1 saturated heterocycles. The summed E-state index contributed by atoms with van der Waals surface area (Å²) in [6.45, 7) is 3.34. The monoisotopic (exact) mass is 449 g/mol. The molecule has 3 rings (SSSR count). The zero-order valence-electron chi connectivity index (χ0n) is 17.6. The van der Waals surface area contributed by atoms with Crippen LogP contribution in [0.4, 0.5) is 11.4 Å². The highest BCUT2D eigenvalue weighted by Gasteiger charge is 2.25. The number of halogens is 1. The van der Waals surface area contributed by atoms with Crippen molar-refractivity contribution in [1.82, 2.24) is 4.90 Å². The number of benzene rings is 1. The van der Waals surface area contributed by atoms with E-state index in [4.69, 9.17) is 16.3 Å². The van der Waals surface area contributed by atoms with Crippen molar-refractivity contribution in [2.45, 2.75) is 37.8 Å². The van der Waals surface area contributed by atoms with Crippen LogP contribution in [0.5, 0.6) is 0 Å². The highest BCUT2D eigenvalue weighted by Crippen LogP contribution is 2.27. The molecule has 0 aliphatic carbocycles. The number of amides is 2. The number of hydrogen-bond donors (Lipinski definition) is 1. The summed E-state index contributed by atoms with van der Waals surface area (Å²) in [6, 6.07) is 9.44. The molecule has 1 aromatic heterocycles. The number of nitrogens with zero attached hydrogens (tertiary/aromatic N) is 2. The third-order valence-corrected chi connectivity index (χ3v) is 6.07. The molecule has 1 N–H and O–H groups in total. The molecule has 2 atom stereocenters. The van der Waals surface area contributed by atoms with Gasteiger partial charge < -0.3 is 19.9 Å². The standard InChI is InChI=1S/C22H28ClN3O3S/c1-15(23)21(27)24-17-8-9-19(25(2)3)16(12-17)13-26(14-18-6-4-10-29-18)22(28)20-7-5-11-30-20/h5,7-9,11-12,15,18H,4,6,10,13-14H2,1-3H3,(H,24,27)/t15-,18+/m1/s1. The summed E-state index contributed by atoms with van der Waals surface area (Å²) in [6.07, 6.45) is 2.03. The maximum absolute atomic E-state index is 13.2. The van der Waals surface area contributed by atoms with Crippen LogP contribution in [0, 0.1) is 0 Å². The van der Waals surface area contributed by atoms with Gasteiger partial charge in [-0.15, -0.1) is 22.9 Å². The maximum atomic E-state index is 13.2. The van der Waals surface area contributed by atoms with E-state index in [9.17, 15) is 9.59 Å². The fraction of sp³-hybridized carbons (Fsp3) is 0.455. The van der Waals surface area contributed by atoms with Crippen LogP contribution in [0.1, 0.15) is 35.0 Å². The molecule has 0 unspecified atom stereocenters. The average molecular weight is 450 g/mol. The summed E-state index contributed by atoms with van der Waals surface area (Å²) in [5.74, 6) is -0.264. The lowest BCUT2D eigenvalue weighted by molar-refractivity contribution is -0.115. The SMILES string of the molecule is C[C@@H](Cl)C(=O)Nc1ccc(N(C)C)c(CN(C[C@@H]2CCCO2)C(=O)c2cccs2)c1. The van der Waals surface area contributed by atoms with Crippen LogP contribution < -0.4 is 10.2 Å². The molecule has 0 saturated carbocycles. The van der Waals surface area contributed by atoms with Gasteiger partial charge in [-0.2, -0.15) is 0 Å². The second-order valence-electron chi connectivity index (χ2n) is 7.64. The van der Waals surface area contributed by atoms with Gasteiger partial charge in [0.2, 0.25) is 5.91 Å². The lowest BCUT2D eigenvalue weighted by Crippen LogP contribution is -2.37. The van der Waals surface area contributed by atoms with Crippen molar-refractivity contribution in [3.63, 3.8) is 0 Å². The van der Waals surface area contributed by atoms with Crippen molar-refractivity contribution in [2.24, 2.45) is 0 Å². The number of hydrogen-bond acceptors (Lipinski definition) is 5. The Morgan fingerprint density at radius 1 is 1.33 bits per heavy atom. The van der Waals surface area contributed by atoms with Gasteiger partial charge in [-0.25, -0.2) is 0 Å². The molecule has 1 fully saturated rings. The number of carbonyl (C=O) groups excluding carboxylic acids is 2. The van der Waals surface area contributed by atoms with E-state index in [2.05, 4.69) is 5.32 Å². The highest BCUT2D eigenvalue weighted by atomic mass is 35.5. The summed E-state index contributed by atoms with van der Waals surface area (Å²) in [7, 11) is 3.92. The minimum absolute atomic E-state index is 0.00553. The highest BCUT2D eigenvalue weighted by molar-refractivity contribution is 7.12. The Bertz CT molecular complexity index is 865. The molecular weight excluding hydrogens is 422 g/mol. The van der Waals surface area contributed by atoms with Gasteiger partial charge in [0.15, 0.2) is 0 Å². The molecule has 2 amide bonds. The fourth-order valence-corrected chi connectivity index (χ4v) is 4.23. The lowest BCUT2D eigenvalue weighted by atomic mass is 10.1. The topological polar surface area (TPSA) is 61.9 Å². The van der Waals surface area contributed by atoms with Crippen molar-refractivity contribution in [3.8, 4) is 0 Å². The first-order valence-electron chi connectivity index (χ1n) is 10.0. The predicted octanol–water partition coefficient (Wildman–Crippen LogP) is 4.20. The molecule has 1 aliphatic rings. The zero-order valence-corrected chi connectivity index (χ0v) is 19.1. The van der Waals surface area contributed by atoms with Gasteiger partial charge in [0.1, 0.15) is 5.38 Å². The van der Waals surface area contributed by atoms with Crippen LogP contribution in [-0.2, 0) is 16.1 Å². The molecule has 6 nitrogen and oxygen atoms in total. The van der Waals surface area contributed by atoms with Gasteiger partial charge in [0.05, 0.1) is 11.0 Å². The molecule has 0 spiro atoms. The maximum Gasteiger partial charge on any atom is 0.264 e. The average Bonchev–Trinajstić information content (AvgIpc) is 3.41. The number of ether oxygens (including phenoxy) is 1. The van der Waals surface area contributed by atoms with E-state index in [-0.39, 0.29) is 17.9 Å². The van der Waals surface area contributed by atoms with Gasteiger partial charge >= 0.3 is 0 Å². The second kappa shape index (κ2) is 10.3. The second-order valence-corrected chi connectivity index (χ2v) is 9.24. The number of rotatable bonds is 8. The van der Waals surface area contributed by atoms with Crippen molar-refractivity contribution in [1.29, 1.82) is 0 Å². The molecule has 30 heavy (non-hydrogen) atoms. The van der Waals surface area contributed by atoms with Crippen molar-refractivity contribution in [2.75, 3.05) is 37.5 Å². The summed E-state index contributed by atoms with van der Waals surface area (Å²) in [5, 5.41) is 4.12. The van der Waals surface area contributed by atoms with Gasteiger partial charge in [-0.3, -0.25) is 9.59 Å². The number of anilines is 2. The molecule has 0 radical (unpaired) electrons. The minimum Gasteiger partial charge on any atom is -0.377 e. The first-order valence-corrected chi connectivity index (χ1v) is 11.4. The molecular formula is C22H28ClN3O3S. The quantitative estimate of drug-likeness (QED) is 0.613. The molecule has 8 heteroatoms. The molecule has 1 aromatic carbocycles. The molecule has 0 bridgehead atoms.